The van der Waals surface area contributed by atoms with Gasteiger partial charge in [-0.2, -0.15) is 0 Å². The van der Waals surface area contributed by atoms with Crippen molar-refractivity contribution in [1.82, 2.24) is 0 Å². The molecule has 0 spiro atoms. The number of halogens is 1. The number of benzene rings is 1. The van der Waals surface area contributed by atoms with Gasteiger partial charge in [0.2, 0.25) is 5.91 Å². The largest absolute Gasteiger partial charge is 0.465 e. The number of amides is 1. The van der Waals surface area contributed by atoms with Gasteiger partial charge < -0.3 is 10.1 Å². The van der Waals surface area contributed by atoms with Gasteiger partial charge in [0, 0.05) is 15.7 Å². The van der Waals surface area contributed by atoms with Crippen LogP contribution in [0.2, 0.25) is 0 Å². The van der Waals surface area contributed by atoms with Crippen molar-refractivity contribution in [3.63, 3.8) is 0 Å². The molecule has 1 heterocycles. The average Bonchev–Trinajstić information content (AvgIpc) is 2.52. The Hall–Kier alpha value is -1.36. The zero-order valence-corrected chi connectivity index (χ0v) is 11.1. The van der Waals surface area contributed by atoms with Crippen molar-refractivity contribution < 1.29 is 14.3 Å². The zero-order chi connectivity index (χ0) is 12.6. The van der Waals surface area contributed by atoms with E-state index in [1.165, 1.54) is 0 Å². The van der Waals surface area contributed by atoms with Gasteiger partial charge in [0.25, 0.3) is 0 Å². The van der Waals surface area contributed by atoms with Crippen molar-refractivity contribution in [1.29, 1.82) is 0 Å². The molecule has 4 nitrogen and oxygen atoms in total. The fourth-order valence-electron chi connectivity index (χ4n) is 1.90. The first-order valence-corrected chi connectivity index (χ1v) is 6.08. The number of nitrogens with one attached hydrogen (secondary N) is 1. The summed E-state index contributed by atoms with van der Waals surface area (Å²) in [5, 5.41) is 2.70. The molecule has 1 aliphatic rings. The van der Waals surface area contributed by atoms with Crippen LogP contribution in [0.25, 0.3) is 0 Å². The minimum absolute atomic E-state index is 0.258. The molecule has 5 heteroatoms. The molecular formula is C12H12BrNO3. The molecule has 0 aliphatic carbocycles. The van der Waals surface area contributed by atoms with E-state index < -0.39 is 11.4 Å². The highest BCUT2D eigenvalue weighted by Crippen LogP contribution is 2.39. The third kappa shape index (κ3) is 1.74. The summed E-state index contributed by atoms with van der Waals surface area (Å²) in [4.78, 5) is 23.9. The fraction of sp³-hybridized carbons (Fsp3) is 0.333. The summed E-state index contributed by atoms with van der Waals surface area (Å²) in [5.74, 6) is -0.859. The highest BCUT2D eigenvalue weighted by molar-refractivity contribution is 9.10. The molecule has 0 fully saturated rings. The number of hydrogen-bond acceptors (Lipinski definition) is 3. The van der Waals surface area contributed by atoms with E-state index in [0.29, 0.717) is 11.3 Å². The number of hydrogen-bond donors (Lipinski definition) is 1. The Bertz CT molecular complexity index is 501. The van der Waals surface area contributed by atoms with Crippen molar-refractivity contribution in [3.05, 3.63) is 28.2 Å². The monoisotopic (exact) mass is 297 g/mol. The summed E-state index contributed by atoms with van der Waals surface area (Å²) in [5.41, 5.74) is 0.0653. The van der Waals surface area contributed by atoms with Crippen LogP contribution in [0.4, 0.5) is 5.69 Å². The van der Waals surface area contributed by atoms with Crippen LogP contribution in [0.3, 0.4) is 0 Å². The second-order valence-electron chi connectivity index (χ2n) is 3.99. The van der Waals surface area contributed by atoms with E-state index in [1.807, 2.05) is 0 Å². The normalized spacial score (nSPS) is 21.9. The van der Waals surface area contributed by atoms with E-state index in [2.05, 4.69) is 21.2 Å². The lowest BCUT2D eigenvalue weighted by Crippen LogP contribution is -2.40. The molecule has 90 valence electrons. The number of fused-ring (bicyclic) bond motifs is 1. The Kier molecular flexibility index (Phi) is 2.95. The topological polar surface area (TPSA) is 55.4 Å². The first-order chi connectivity index (χ1) is 8.00. The number of ether oxygens (including phenoxy) is 1. The summed E-state index contributed by atoms with van der Waals surface area (Å²) in [6, 6.07) is 5.34. The van der Waals surface area contributed by atoms with Gasteiger partial charge in [-0.05, 0) is 26.0 Å². The molecule has 0 unspecified atom stereocenters. The van der Waals surface area contributed by atoms with Crippen molar-refractivity contribution in [2.75, 3.05) is 11.9 Å². The Labute approximate surface area is 107 Å². The Balaban J connectivity index is 2.50. The van der Waals surface area contributed by atoms with Gasteiger partial charge in [-0.25, -0.2) is 0 Å². The van der Waals surface area contributed by atoms with Crippen LogP contribution in [0.15, 0.2) is 22.7 Å². The zero-order valence-electron chi connectivity index (χ0n) is 9.54. The summed E-state index contributed by atoms with van der Waals surface area (Å²) in [6.45, 7) is 3.56. The van der Waals surface area contributed by atoms with Crippen molar-refractivity contribution in [2.24, 2.45) is 0 Å². The Morgan fingerprint density at radius 3 is 2.88 bits per heavy atom. The molecule has 0 saturated carbocycles. The second kappa shape index (κ2) is 4.14. The van der Waals surface area contributed by atoms with Crippen LogP contribution < -0.4 is 5.32 Å². The second-order valence-corrected chi connectivity index (χ2v) is 4.91. The lowest BCUT2D eigenvalue weighted by atomic mass is 9.84. The van der Waals surface area contributed by atoms with Gasteiger partial charge in [0.1, 0.15) is 0 Å². The molecule has 1 N–H and O–H groups in total. The summed E-state index contributed by atoms with van der Waals surface area (Å²) < 4.78 is 5.83. The van der Waals surface area contributed by atoms with E-state index >= 15 is 0 Å². The van der Waals surface area contributed by atoms with E-state index in [4.69, 9.17) is 4.74 Å². The summed E-state index contributed by atoms with van der Waals surface area (Å²) >= 11 is 3.32. The minimum Gasteiger partial charge on any atom is -0.465 e. The fourth-order valence-corrected chi connectivity index (χ4v) is 2.26. The van der Waals surface area contributed by atoms with Gasteiger partial charge in [-0.15, -0.1) is 0 Å². The van der Waals surface area contributed by atoms with Crippen molar-refractivity contribution in [3.8, 4) is 0 Å². The molecule has 1 aromatic carbocycles. The maximum Gasteiger partial charge on any atom is 0.326 e. The number of esters is 1. The summed E-state index contributed by atoms with van der Waals surface area (Å²) in [7, 11) is 0. The molecule has 1 aliphatic heterocycles. The van der Waals surface area contributed by atoms with Crippen LogP contribution >= 0.6 is 15.9 Å². The molecular weight excluding hydrogens is 286 g/mol. The van der Waals surface area contributed by atoms with Gasteiger partial charge in [-0.1, -0.05) is 22.0 Å². The molecule has 1 aromatic rings. The first kappa shape index (κ1) is 12.1. The minimum atomic E-state index is -1.24. The lowest BCUT2D eigenvalue weighted by molar-refractivity contribution is -0.152. The third-order valence-electron chi connectivity index (χ3n) is 2.91. The molecule has 17 heavy (non-hydrogen) atoms. The molecule has 1 atom stereocenters. The Morgan fingerprint density at radius 2 is 2.24 bits per heavy atom. The first-order valence-electron chi connectivity index (χ1n) is 5.29. The maximum absolute atomic E-state index is 12.0. The van der Waals surface area contributed by atoms with Gasteiger partial charge in [-0.3, -0.25) is 9.59 Å². The molecule has 2 rings (SSSR count). The average molecular weight is 298 g/mol. The predicted molar refractivity (Wildman–Crippen MR) is 66.8 cm³/mol. The van der Waals surface area contributed by atoms with Crippen LogP contribution in [0.5, 0.6) is 0 Å². The molecule has 0 bridgehead atoms. The van der Waals surface area contributed by atoms with E-state index in [-0.39, 0.29) is 12.5 Å². The number of rotatable bonds is 2. The SMILES string of the molecule is CCOC(=O)[C@@]1(C)C(=O)Nc2cc(Br)ccc21. The van der Waals surface area contributed by atoms with E-state index in [9.17, 15) is 9.59 Å². The van der Waals surface area contributed by atoms with Crippen molar-refractivity contribution in [2.45, 2.75) is 19.3 Å². The quantitative estimate of drug-likeness (QED) is 0.673. The highest BCUT2D eigenvalue weighted by atomic mass is 79.9. The van der Waals surface area contributed by atoms with E-state index in [0.717, 1.165) is 4.47 Å². The Morgan fingerprint density at radius 1 is 1.53 bits per heavy atom. The highest BCUT2D eigenvalue weighted by Gasteiger charge is 2.50. The van der Waals surface area contributed by atoms with Crippen LogP contribution in [0, 0.1) is 0 Å². The molecule has 0 aromatic heterocycles. The van der Waals surface area contributed by atoms with Crippen LogP contribution in [-0.2, 0) is 19.7 Å². The number of anilines is 1. The van der Waals surface area contributed by atoms with Crippen molar-refractivity contribution >= 4 is 33.5 Å². The third-order valence-corrected chi connectivity index (χ3v) is 3.40. The number of carbonyl (C=O) groups excluding carboxylic acids is 2. The predicted octanol–water partition coefficient (Wildman–Crippen LogP) is 2.22. The molecule has 0 saturated heterocycles. The smallest absolute Gasteiger partial charge is 0.326 e. The number of carbonyl (C=O) groups is 2. The molecule has 1 amide bonds. The maximum atomic E-state index is 12.0. The summed E-state index contributed by atoms with van der Waals surface area (Å²) in [6.07, 6.45) is 0. The van der Waals surface area contributed by atoms with Gasteiger partial charge in [0.05, 0.1) is 6.61 Å². The van der Waals surface area contributed by atoms with Crippen LogP contribution in [-0.4, -0.2) is 18.5 Å². The van der Waals surface area contributed by atoms with Gasteiger partial charge >= 0.3 is 5.97 Å². The van der Waals surface area contributed by atoms with E-state index in [1.54, 1.807) is 32.0 Å². The lowest BCUT2D eigenvalue weighted by Gasteiger charge is -2.19. The standard InChI is InChI=1S/C12H12BrNO3/c1-3-17-11(16)12(2)8-5-4-7(13)6-9(8)14-10(12)15/h4-6H,3H2,1-2H3,(H,14,15)/t12-/m1/s1. The molecule has 0 radical (unpaired) electrons. The van der Waals surface area contributed by atoms with Gasteiger partial charge in [0.15, 0.2) is 5.41 Å². The van der Waals surface area contributed by atoms with Crippen LogP contribution in [0.1, 0.15) is 19.4 Å².